The van der Waals surface area contributed by atoms with Gasteiger partial charge in [-0.05, 0) is 28.9 Å². The van der Waals surface area contributed by atoms with Gasteiger partial charge < -0.3 is 4.57 Å². The Morgan fingerprint density at radius 2 is 2.29 bits per heavy atom. The molecule has 0 bridgehead atoms. The van der Waals surface area contributed by atoms with E-state index >= 15 is 0 Å². The van der Waals surface area contributed by atoms with Gasteiger partial charge in [0.25, 0.3) is 5.56 Å². The van der Waals surface area contributed by atoms with Crippen LogP contribution in [0, 0.1) is 0 Å². The quantitative estimate of drug-likeness (QED) is 0.776. The van der Waals surface area contributed by atoms with Crippen molar-refractivity contribution in [3.05, 3.63) is 33.4 Å². The summed E-state index contributed by atoms with van der Waals surface area (Å²) >= 11 is 3.27. The molecular weight excluding hydrogens is 246 g/mol. The summed E-state index contributed by atoms with van der Waals surface area (Å²) < 4.78 is 2.63. The lowest BCUT2D eigenvalue weighted by Gasteiger charge is -2.05. The molecule has 2 aromatic heterocycles. The molecule has 0 saturated heterocycles. The highest BCUT2D eigenvalue weighted by atomic mass is 79.9. The lowest BCUT2D eigenvalue weighted by atomic mass is 10.3. The highest BCUT2D eigenvalue weighted by Crippen LogP contribution is 2.13. The van der Waals surface area contributed by atoms with Gasteiger partial charge >= 0.3 is 0 Å². The topological polar surface area (TPSA) is 47.8 Å². The molecule has 0 radical (unpaired) electrons. The highest BCUT2D eigenvalue weighted by molar-refractivity contribution is 9.10. The Kier molecular flexibility index (Phi) is 2.33. The third-order valence-electron chi connectivity index (χ3n) is 1.99. The number of rotatable bonds is 1. The lowest BCUT2D eigenvalue weighted by Crippen LogP contribution is -2.12. The van der Waals surface area contributed by atoms with E-state index in [-0.39, 0.29) is 5.56 Å². The van der Waals surface area contributed by atoms with Crippen LogP contribution in [-0.2, 0) is 6.54 Å². The molecule has 0 atom stereocenters. The maximum absolute atomic E-state index is 11.4. The molecular formula is C9H8BrN3O. The van der Waals surface area contributed by atoms with Crippen LogP contribution in [0.15, 0.2) is 27.9 Å². The zero-order chi connectivity index (χ0) is 10.1. The maximum atomic E-state index is 11.4. The summed E-state index contributed by atoms with van der Waals surface area (Å²) in [6.45, 7) is 2.73. The summed E-state index contributed by atoms with van der Waals surface area (Å²) in [6, 6.07) is 1.74. The van der Waals surface area contributed by atoms with Crippen molar-refractivity contribution >= 4 is 27.0 Å². The number of aryl methyl sites for hydroxylation is 1. The van der Waals surface area contributed by atoms with E-state index in [1.54, 1.807) is 12.3 Å². The third-order valence-corrected chi connectivity index (χ3v) is 2.42. The van der Waals surface area contributed by atoms with E-state index in [1.807, 2.05) is 11.5 Å². The molecule has 14 heavy (non-hydrogen) atoms. The second-order valence-electron chi connectivity index (χ2n) is 2.86. The van der Waals surface area contributed by atoms with Crippen LogP contribution in [0.2, 0.25) is 0 Å². The molecule has 0 N–H and O–H groups in total. The van der Waals surface area contributed by atoms with Crippen LogP contribution in [0.3, 0.4) is 0 Å². The monoisotopic (exact) mass is 253 g/mol. The Labute approximate surface area is 88.7 Å². The Morgan fingerprint density at radius 1 is 1.50 bits per heavy atom. The molecule has 0 fully saturated rings. The normalized spacial score (nSPS) is 10.7. The molecule has 0 amide bonds. The number of nitrogens with zero attached hydrogens (tertiary/aromatic N) is 3. The number of fused-ring (bicyclic) bond motifs is 1. The smallest absolute Gasteiger partial charge is 0.282 e. The molecule has 0 saturated carbocycles. The first kappa shape index (κ1) is 9.33. The summed E-state index contributed by atoms with van der Waals surface area (Å²) in [5.41, 5.74) is 0.439. The van der Waals surface area contributed by atoms with E-state index < -0.39 is 0 Å². The zero-order valence-corrected chi connectivity index (χ0v) is 9.15. The first-order valence-electron chi connectivity index (χ1n) is 4.23. The molecule has 2 heterocycles. The fraction of sp³-hybridized carbons (Fsp3) is 0.222. The van der Waals surface area contributed by atoms with Gasteiger partial charge in [0, 0.05) is 17.2 Å². The maximum Gasteiger partial charge on any atom is 0.282 e. The van der Waals surface area contributed by atoms with Crippen LogP contribution in [-0.4, -0.2) is 14.5 Å². The van der Waals surface area contributed by atoms with Gasteiger partial charge in [-0.25, -0.2) is 4.98 Å². The fourth-order valence-corrected chi connectivity index (χ4v) is 1.63. The number of halogens is 1. The molecule has 0 aliphatic rings. The zero-order valence-electron chi connectivity index (χ0n) is 7.57. The second-order valence-corrected chi connectivity index (χ2v) is 3.78. The first-order valence-corrected chi connectivity index (χ1v) is 5.02. The Bertz CT molecular complexity index is 535. The molecule has 4 nitrogen and oxygen atoms in total. The predicted octanol–water partition coefficient (Wildman–Crippen LogP) is 1.57. The Hall–Kier alpha value is -1.23. The van der Waals surface area contributed by atoms with Gasteiger partial charge in [0.05, 0.1) is 5.39 Å². The molecule has 0 aromatic carbocycles. The molecule has 0 unspecified atom stereocenters. The van der Waals surface area contributed by atoms with Gasteiger partial charge in [0.2, 0.25) is 0 Å². The Balaban J connectivity index is 2.91. The third kappa shape index (κ3) is 1.43. The molecule has 0 aliphatic heterocycles. The minimum atomic E-state index is -0.237. The van der Waals surface area contributed by atoms with Gasteiger partial charge in [0.1, 0.15) is 12.0 Å². The molecule has 0 spiro atoms. The van der Waals surface area contributed by atoms with E-state index in [4.69, 9.17) is 0 Å². The predicted molar refractivity (Wildman–Crippen MR) is 57.2 cm³/mol. The van der Waals surface area contributed by atoms with Crippen molar-refractivity contribution in [2.45, 2.75) is 13.5 Å². The van der Waals surface area contributed by atoms with Crippen molar-refractivity contribution in [2.75, 3.05) is 0 Å². The fourth-order valence-electron chi connectivity index (χ4n) is 1.30. The van der Waals surface area contributed by atoms with Gasteiger partial charge in [-0.2, -0.15) is 4.98 Å². The van der Waals surface area contributed by atoms with Crippen LogP contribution < -0.4 is 5.56 Å². The summed E-state index contributed by atoms with van der Waals surface area (Å²) in [5, 5.41) is 0.545. The van der Waals surface area contributed by atoms with Crippen LogP contribution in [0.4, 0.5) is 0 Å². The minimum absolute atomic E-state index is 0.237. The van der Waals surface area contributed by atoms with Gasteiger partial charge in [-0.1, -0.05) is 0 Å². The molecule has 2 aromatic rings. The minimum Gasteiger partial charge on any atom is -0.317 e. The summed E-state index contributed by atoms with van der Waals surface area (Å²) in [4.78, 5) is 19.4. The number of hydrogen-bond donors (Lipinski definition) is 0. The SMILES string of the molecule is CCn1cnc(=O)c2cc(Br)cnc21. The average molecular weight is 254 g/mol. The largest absolute Gasteiger partial charge is 0.317 e. The molecule has 5 heteroatoms. The van der Waals surface area contributed by atoms with Crippen molar-refractivity contribution < 1.29 is 0 Å². The first-order chi connectivity index (χ1) is 6.72. The summed E-state index contributed by atoms with van der Waals surface area (Å²) in [6.07, 6.45) is 3.19. The van der Waals surface area contributed by atoms with E-state index in [9.17, 15) is 4.79 Å². The number of hydrogen-bond acceptors (Lipinski definition) is 3. The van der Waals surface area contributed by atoms with Gasteiger partial charge in [-0.3, -0.25) is 4.79 Å². The van der Waals surface area contributed by atoms with E-state index in [0.717, 1.165) is 11.0 Å². The molecule has 2 rings (SSSR count). The lowest BCUT2D eigenvalue weighted by molar-refractivity contribution is 0.754. The number of pyridine rings is 1. The van der Waals surface area contributed by atoms with E-state index in [1.165, 1.54) is 6.33 Å². The van der Waals surface area contributed by atoms with Gasteiger partial charge in [-0.15, -0.1) is 0 Å². The second kappa shape index (κ2) is 3.49. The Morgan fingerprint density at radius 3 is 3.00 bits per heavy atom. The standard InChI is InChI=1S/C9H8BrN3O/c1-2-13-5-12-9(14)7-3-6(10)4-11-8(7)13/h3-5H,2H2,1H3. The van der Waals surface area contributed by atoms with Crippen molar-refractivity contribution in [3.8, 4) is 0 Å². The van der Waals surface area contributed by atoms with Crippen molar-refractivity contribution in [1.29, 1.82) is 0 Å². The van der Waals surface area contributed by atoms with Crippen molar-refractivity contribution in [2.24, 2.45) is 0 Å². The summed E-state index contributed by atoms with van der Waals surface area (Å²) in [5.74, 6) is 0. The van der Waals surface area contributed by atoms with Crippen molar-refractivity contribution in [3.63, 3.8) is 0 Å². The molecule has 72 valence electrons. The highest BCUT2D eigenvalue weighted by Gasteiger charge is 2.04. The summed E-state index contributed by atoms with van der Waals surface area (Å²) in [7, 11) is 0. The van der Waals surface area contributed by atoms with Crippen LogP contribution >= 0.6 is 15.9 Å². The van der Waals surface area contributed by atoms with E-state index in [2.05, 4.69) is 25.9 Å². The van der Waals surface area contributed by atoms with Gasteiger partial charge in [0.15, 0.2) is 0 Å². The van der Waals surface area contributed by atoms with Crippen LogP contribution in [0.1, 0.15) is 6.92 Å². The number of aromatic nitrogens is 3. The van der Waals surface area contributed by atoms with Crippen LogP contribution in [0.5, 0.6) is 0 Å². The average Bonchev–Trinajstić information content (AvgIpc) is 2.19. The van der Waals surface area contributed by atoms with Crippen molar-refractivity contribution in [1.82, 2.24) is 14.5 Å². The van der Waals surface area contributed by atoms with E-state index in [0.29, 0.717) is 11.0 Å². The molecule has 0 aliphatic carbocycles. The van der Waals surface area contributed by atoms with Crippen LogP contribution in [0.25, 0.3) is 11.0 Å².